The third-order valence-electron chi connectivity index (χ3n) is 3.51. The molecule has 2 rings (SSSR count). The van der Waals surface area contributed by atoms with Gasteiger partial charge < -0.3 is 14.5 Å². The van der Waals surface area contributed by atoms with Crippen molar-refractivity contribution in [3.05, 3.63) is 18.1 Å². The SMILES string of the molecule is COc1ncnc(N(C)C)c1N(CC1(C)C=C(C)N=N1)C(=O)CCl. The third kappa shape index (κ3) is 3.64. The van der Waals surface area contributed by atoms with Gasteiger partial charge in [-0.05, 0) is 19.9 Å². The molecule has 0 saturated carbocycles. The van der Waals surface area contributed by atoms with Crippen LogP contribution in [0.15, 0.2) is 28.3 Å². The highest BCUT2D eigenvalue weighted by Gasteiger charge is 2.34. The predicted octanol–water partition coefficient (Wildman–Crippen LogP) is 2.25. The lowest BCUT2D eigenvalue weighted by molar-refractivity contribution is -0.116. The zero-order chi connectivity index (χ0) is 17.9. The maximum absolute atomic E-state index is 12.5. The topological polar surface area (TPSA) is 83.3 Å². The van der Waals surface area contributed by atoms with E-state index in [9.17, 15) is 4.79 Å². The fraction of sp³-hybridized carbons (Fsp3) is 0.533. The summed E-state index contributed by atoms with van der Waals surface area (Å²) in [7, 11) is 5.15. The van der Waals surface area contributed by atoms with E-state index in [1.807, 2.05) is 34.0 Å². The fourth-order valence-electron chi connectivity index (χ4n) is 2.53. The van der Waals surface area contributed by atoms with Gasteiger partial charge in [0.1, 0.15) is 23.4 Å². The Morgan fingerprint density at radius 1 is 1.38 bits per heavy atom. The van der Waals surface area contributed by atoms with E-state index in [1.165, 1.54) is 18.3 Å². The third-order valence-corrected chi connectivity index (χ3v) is 3.73. The molecule has 24 heavy (non-hydrogen) atoms. The molecule has 1 aromatic rings. The van der Waals surface area contributed by atoms with E-state index in [2.05, 4.69) is 20.2 Å². The summed E-state index contributed by atoms with van der Waals surface area (Å²) in [5, 5.41) is 8.32. The van der Waals surface area contributed by atoms with Crippen molar-refractivity contribution in [2.45, 2.75) is 19.4 Å². The van der Waals surface area contributed by atoms with Gasteiger partial charge in [0.05, 0.1) is 19.4 Å². The van der Waals surface area contributed by atoms with Crippen molar-refractivity contribution in [2.75, 3.05) is 43.4 Å². The number of nitrogens with zero attached hydrogens (tertiary/aromatic N) is 6. The Morgan fingerprint density at radius 2 is 2.08 bits per heavy atom. The van der Waals surface area contributed by atoms with E-state index in [4.69, 9.17) is 16.3 Å². The molecule has 2 heterocycles. The van der Waals surface area contributed by atoms with Crippen molar-refractivity contribution in [1.29, 1.82) is 0 Å². The first-order valence-corrected chi connectivity index (χ1v) is 7.90. The second-order valence-corrected chi connectivity index (χ2v) is 6.17. The van der Waals surface area contributed by atoms with Crippen molar-refractivity contribution in [2.24, 2.45) is 10.2 Å². The van der Waals surface area contributed by atoms with Gasteiger partial charge in [0.25, 0.3) is 0 Å². The molecule has 1 aliphatic rings. The van der Waals surface area contributed by atoms with Crippen LogP contribution < -0.4 is 14.5 Å². The number of hydrogen-bond donors (Lipinski definition) is 0. The van der Waals surface area contributed by atoms with Gasteiger partial charge in [-0.15, -0.1) is 11.6 Å². The van der Waals surface area contributed by atoms with E-state index >= 15 is 0 Å². The summed E-state index contributed by atoms with van der Waals surface area (Å²) < 4.78 is 5.35. The van der Waals surface area contributed by atoms with Crippen LogP contribution in [0.1, 0.15) is 13.8 Å². The molecule has 0 aromatic carbocycles. The van der Waals surface area contributed by atoms with Gasteiger partial charge >= 0.3 is 0 Å². The molecule has 8 nitrogen and oxygen atoms in total. The zero-order valence-corrected chi connectivity index (χ0v) is 15.2. The number of ether oxygens (including phenoxy) is 1. The lowest BCUT2D eigenvalue weighted by Crippen LogP contribution is -2.43. The summed E-state index contributed by atoms with van der Waals surface area (Å²) in [6, 6.07) is 0. The molecule has 0 N–H and O–H groups in total. The summed E-state index contributed by atoms with van der Waals surface area (Å²) in [4.78, 5) is 24.2. The van der Waals surface area contributed by atoms with Gasteiger partial charge in [-0.3, -0.25) is 4.79 Å². The van der Waals surface area contributed by atoms with Crippen LogP contribution in [0, 0.1) is 0 Å². The quantitative estimate of drug-likeness (QED) is 0.733. The lowest BCUT2D eigenvalue weighted by Gasteiger charge is -2.31. The monoisotopic (exact) mass is 352 g/mol. The number of allylic oxidation sites excluding steroid dienone is 1. The highest BCUT2D eigenvalue weighted by atomic mass is 35.5. The molecular weight excluding hydrogens is 332 g/mol. The van der Waals surface area contributed by atoms with Crippen molar-refractivity contribution in [3.63, 3.8) is 0 Å². The Kier molecular flexibility index (Phi) is 5.38. The van der Waals surface area contributed by atoms with Gasteiger partial charge in [-0.1, -0.05) is 0 Å². The predicted molar refractivity (Wildman–Crippen MR) is 93.0 cm³/mol. The number of hydrogen-bond acceptors (Lipinski definition) is 7. The number of methoxy groups -OCH3 is 1. The maximum atomic E-state index is 12.5. The Hall–Kier alpha value is -2.22. The molecule has 0 bridgehead atoms. The van der Waals surface area contributed by atoms with Crippen LogP contribution in [0.4, 0.5) is 11.5 Å². The number of alkyl halides is 1. The Bertz CT molecular complexity index is 691. The molecule has 0 radical (unpaired) electrons. The zero-order valence-electron chi connectivity index (χ0n) is 14.4. The summed E-state index contributed by atoms with van der Waals surface area (Å²) in [5.74, 6) is 0.383. The van der Waals surface area contributed by atoms with Crippen LogP contribution >= 0.6 is 11.6 Å². The highest BCUT2D eigenvalue weighted by molar-refractivity contribution is 6.29. The molecule has 1 aromatic heterocycles. The number of carbonyl (C=O) groups excluding carboxylic acids is 1. The van der Waals surface area contributed by atoms with Crippen LogP contribution in [0.3, 0.4) is 0 Å². The summed E-state index contributed by atoms with van der Waals surface area (Å²) >= 11 is 5.83. The van der Waals surface area contributed by atoms with E-state index in [0.29, 0.717) is 17.4 Å². The highest BCUT2D eigenvalue weighted by Crippen LogP contribution is 2.36. The van der Waals surface area contributed by atoms with Gasteiger partial charge in [0.15, 0.2) is 5.82 Å². The molecule has 1 atom stereocenters. The van der Waals surface area contributed by atoms with Gasteiger partial charge in [0, 0.05) is 14.1 Å². The largest absolute Gasteiger partial charge is 0.479 e. The van der Waals surface area contributed by atoms with Crippen molar-refractivity contribution >= 4 is 29.0 Å². The van der Waals surface area contributed by atoms with E-state index in [1.54, 1.807) is 4.90 Å². The summed E-state index contributed by atoms with van der Waals surface area (Å²) in [6.45, 7) is 4.01. The first kappa shape index (κ1) is 18.1. The average molecular weight is 353 g/mol. The normalized spacial score (nSPS) is 19.2. The molecule has 0 spiro atoms. The van der Waals surface area contributed by atoms with Crippen LogP contribution in [-0.2, 0) is 4.79 Å². The van der Waals surface area contributed by atoms with E-state index in [0.717, 1.165) is 5.70 Å². The number of halogens is 1. The number of amides is 1. The fourth-order valence-corrected chi connectivity index (χ4v) is 2.67. The number of aromatic nitrogens is 2. The van der Waals surface area contributed by atoms with Crippen LogP contribution in [0.25, 0.3) is 0 Å². The molecule has 0 aliphatic carbocycles. The Balaban J connectivity index is 2.54. The van der Waals surface area contributed by atoms with Crippen molar-refractivity contribution in [1.82, 2.24) is 9.97 Å². The molecular formula is C15H21ClN6O2. The average Bonchev–Trinajstić information content (AvgIpc) is 2.90. The van der Waals surface area contributed by atoms with Crippen molar-refractivity contribution < 1.29 is 9.53 Å². The number of anilines is 2. The first-order valence-electron chi connectivity index (χ1n) is 7.36. The van der Waals surface area contributed by atoms with Crippen LogP contribution in [-0.4, -0.2) is 55.0 Å². The molecule has 0 fully saturated rings. The minimum absolute atomic E-state index is 0.180. The maximum Gasteiger partial charge on any atom is 0.243 e. The van der Waals surface area contributed by atoms with Crippen LogP contribution in [0.5, 0.6) is 5.88 Å². The minimum atomic E-state index is -0.643. The van der Waals surface area contributed by atoms with Gasteiger partial charge in [-0.2, -0.15) is 15.2 Å². The van der Waals surface area contributed by atoms with E-state index < -0.39 is 5.54 Å². The second-order valence-electron chi connectivity index (χ2n) is 5.91. The molecule has 0 saturated heterocycles. The second kappa shape index (κ2) is 7.12. The Morgan fingerprint density at radius 3 is 2.58 bits per heavy atom. The standard InChI is InChI=1S/C15H21ClN6O2/c1-10-6-15(2,20-19-10)8-22(11(23)7-16)12-13(21(3)4)17-9-18-14(12)24-5/h6,9H,7-8H2,1-5H3. The van der Waals surface area contributed by atoms with E-state index in [-0.39, 0.29) is 18.3 Å². The molecule has 1 amide bonds. The molecule has 1 unspecified atom stereocenters. The molecule has 1 aliphatic heterocycles. The first-order chi connectivity index (χ1) is 11.3. The summed E-state index contributed by atoms with van der Waals surface area (Å²) in [6.07, 6.45) is 3.30. The van der Waals surface area contributed by atoms with Crippen molar-refractivity contribution in [3.8, 4) is 5.88 Å². The number of carbonyl (C=O) groups is 1. The molecule has 9 heteroatoms. The Labute approximate surface area is 146 Å². The molecule has 130 valence electrons. The van der Waals surface area contributed by atoms with Gasteiger partial charge in [0.2, 0.25) is 11.8 Å². The van der Waals surface area contributed by atoms with Gasteiger partial charge in [-0.25, -0.2) is 4.98 Å². The van der Waals surface area contributed by atoms with Crippen LogP contribution in [0.2, 0.25) is 0 Å². The summed E-state index contributed by atoms with van der Waals surface area (Å²) in [5.41, 5.74) is 0.626. The number of rotatable bonds is 6. The lowest BCUT2D eigenvalue weighted by atomic mass is 10.0. The smallest absolute Gasteiger partial charge is 0.243 e. The number of azo groups is 1. The minimum Gasteiger partial charge on any atom is -0.479 e.